The summed E-state index contributed by atoms with van der Waals surface area (Å²) in [6, 6.07) is 27.0. The monoisotopic (exact) mass is 915 g/mol. The van der Waals surface area contributed by atoms with Gasteiger partial charge in [-0.05, 0) is 111 Å². The van der Waals surface area contributed by atoms with Crippen molar-refractivity contribution in [2.75, 3.05) is 41.3 Å². The van der Waals surface area contributed by atoms with Crippen molar-refractivity contribution in [3.05, 3.63) is 136 Å². The Morgan fingerprint density at radius 3 is 2.29 bits per heavy atom. The van der Waals surface area contributed by atoms with E-state index in [1.54, 1.807) is 43.0 Å². The number of nitrogens with zero attached hydrogens (tertiary/aromatic N) is 6. The smallest absolute Gasteiger partial charge is 0.247 e. The first-order valence-corrected chi connectivity index (χ1v) is 23.1. The van der Waals surface area contributed by atoms with Crippen LogP contribution in [0.1, 0.15) is 72.7 Å². The molecule has 0 radical (unpaired) electrons. The molecule has 5 aromatic rings. The summed E-state index contributed by atoms with van der Waals surface area (Å²) in [5.41, 5.74) is 4.90. The highest BCUT2D eigenvalue weighted by atomic mass is 35.5. The van der Waals surface area contributed by atoms with Crippen LogP contribution in [-0.4, -0.2) is 117 Å². The predicted octanol–water partition coefficient (Wildman–Crippen LogP) is 6.77. The molecule has 2 aliphatic rings. The van der Waals surface area contributed by atoms with Crippen molar-refractivity contribution in [3.8, 4) is 22.8 Å². The van der Waals surface area contributed by atoms with Gasteiger partial charge in [-0.15, -0.1) is 0 Å². The van der Waals surface area contributed by atoms with Gasteiger partial charge in [-0.3, -0.25) is 19.2 Å². The van der Waals surface area contributed by atoms with Crippen LogP contribution in [0.4, 0.5) is 0 Å². The zero-order valence-electron chi connectivity index (χ0n) is 39.1. The van der Waals surface area contributed by atoms with Gasteiger partial charge in [-0.25, -0.2) is 4.98 Å². The van der Waals surface area contributed by atoms with Crippen LogP contribution in [0.25, 0.3) is 11.3 Å². The van der Waals surface area contributed by atoms with E-state index in [0.29, 0.717) is 47.9 Å². The number of hydrogen-bond acceptors (Lipinski definition) is 8. The summed E-state index contributed by atoms with van der Waals surface area (Å²) >= 11 is 6.18. The fraction of sp³-hybridized carbons (Fsp3) is 0.404. The SMILES string of the molecule is CCc1ccc(CN2C(=O)CCC(=O)N(C)C[C@@H](Cc3ccc(Cl)cc3)N(C)C(=O)[C@H](CO)NC(=O)[C@]2(C)[C@H]2CCc3ccccc32)c(Oc2ccc(-c3cnc(CN(C)C)n3C)cc2)c1. The van der Waals surface area contributed by atoms with E-state index in [1.807, 2.05) is 106 Å². The van der Waals surface area contributed by atoms with Crippen LogP contribution < -0.4 is 10.1 Å². The maximum atomic E-state index is 15.4. The highest BCUT2D eigenvalue weighted by molar-refractivity contribution is 6.30. The molecule has 7 rings (SSSR count). The summed E-state index contributed by atoms with van der Waals surface area (Å²) in [7, 11) is 9.31. The molecule has 14 heteroatoms. The lowest BCUT2D eigenvalue weighted by Gasteiger charge is -2.45. The van der Waals surface area contributed by atoms with Crippen LogP contribution in [0.15, 0.2) is 97.2 Å². The fourth-order valence-electron chi connectivity index (χ4n) is 9.39. The molecule has 0 unspecified atom stereocenters. The second kappa shape index (κ2) is 20.7. The number of carbonyl (C=O) groups excluding carboxylic acids is 4. The molecule has 4 amide bonds. The number of hydrogen-bond donors (Lipinski definition) is 2. The number of imidazole rings is 1. The number of carbonyl (C=O) groups is 4. The normalized spacial score (nSPS) is 21.0. The second-order valence-corrected chi connectivity index (χ2v) is 18.5. The topological polar surface area (TPSA) is 141 Å². The minimum absolute atomic E-state index is 0.0483. The van der Waals surface area contributed by atoms with E-state index in [2.05, 4.69) is 26.7 Å². The predicted molar refractivity (Wildman–Crippen MR) is 256 cm³/mol. The van der Waals surface area contributed by atoms with E-state index in [0.717, 1.165) is 45.8 Å². The van der Waals surface area contributed by atoms with Crippen molar-refractivity contribution in [1.29, 1.82) is 0 Å². The molecule has 0 bridgehead atoms. The van der Waals surface area contributed by atoms with Crippen molar-refractivity contribution in [1.82, 2.24) is 34.5 Å². The molecule has 4 atom stereocenters. The van der Waals surface area contributed by atoms with Gasteiger partial charge in [0.25, 0.3) is 0 Å². The minimum Gasteiger partial charge on any atom is -0.457 e. The quantitative estimate of drug-likeness (QED) is 0.140. The molecule has 1 saturated heterocycles. The minimum atomic E-state index is -1.60. The fourth-order valence-corrected chi connectivity index (χ4v) is 9.52. The summed E-state index contributed by atoms with van der Waals surface area (Å²) in [5.74, 6) is -0.241. The molecule has 2 N–H and O–H groups in total. The van der Waals surface area contributed by atoms with E-state index in [9.17, 15) is 14.7 Å². The summed E-state index contributed by atoms with van der Waals surface area (Å²) in [4.78, 5) is 70.3. The lowest BCUT2D eigenvalue weighted by molar-refractivity contribution is -0.153. The maximum absolute atomic E-state index is 15.4. The van der Waals surface area contributed by atoms with Crippen LogP contribution in [-0.2, 0) is 58.6 Å². The van der Waals surface area contributed by atoms with Gasteiger partial charge in [-0.2, -0.15) is 0 Å². The Labute approximate surface area is 393 Å². The third-order valence-electron chi connectivity index (χ3n) is 13.5. The van der Waals surface area contributed by atoms with Gasteiger partial charge >= 0.3 is 0 Å². The number of aromatic nitrogens is 2. The number of aryl methyl sites for hydroxylation is 2. The molecular weight excluding hydrogens is 854 g/mol. The number of ether oxygens (including phenoxy) is 1. The number of benzene rings is 4. The molecule has 348 valence electrons. The Hall–Kier alpha value is -6.02. The zero-order valence-corrected chi connectivity index (χ0v) is 39.8. The van der Waals surface area contributed by atoms with Crippen LogP contribution in [0.2, 0.25) is 5.02 Å². The van der Waals surface area contributed by atoms with Crippen LogP contribution in [0.5, 0.6) is 11.5 Å². The molecule has 0 saturated carbocycles. The van der Waals surface area contributed by atoms with Crippen molar-refractivity contribution >= 4 is 35.2 Å². The second-order valence-electron chi connectivity index (χ2n) is 18.1. The Morgan fingerprint density at radius 2 is 1.59 bits per heavy atom. The van der Waals surface area contributed by atoms with E-state index in [-0.39, 0.29) is 31.8 Å². The molecule has 4 aromatic carbocycles. The van der Waals surface area contributed by atoms with Crippen molar-refractivity contribution in [2.24, 2.45) is 7.05 Å². The molecule has 1 aliphatic heterocycles. The number of nitrogens with one attached hydrogen (secondary N) is 1. The van der Waals surface area contributed by atoms with E-state index >= 15 is 9.59 Å². The first-order chi connectivity index (χ1) is 31.6. The first kappa shape index (κ1) is 47.9. The standard InChI is InChI=1S/C52H62ClN7O6/c1-8-34-13-16-38(46(28-34)66-41-22-17-37(18-23-41)45-29-54-47(59(45)7)32-56(3)4)30-60-49(63)26-25-48(62)57(5)31-40(27-35-14-20-39(53)21-15-35)58(6)50(64)44(33-61)55-51(65)52(60,2)43-24-19-36-11-9-10-12-42(36)43/h9-18,20-23,28-29,40,43-44,61H,8,19,24-27,30-33H2,1-7H3,(H,55,65)/t40-,43+,44+,52+/m1/s1. The number of halogens is 1. The van der Waals surface area contributed by atoms with Crippen LogP contribution in [0.3, 0.4) is 0 Å². The molecule has 1 aliphatic carbocycles. The summed E-state index contributed by atoms with van der Waals surface area (Å²) in [5, 5.41) is 14.4. The molecule has 1 fully saturated rings. The van der Waals surface area contributed by atoms with Crippen LogP contribution in [0, 0.1) is 0 Å². The summed E-state index contributed by atoms with van der Waals surface area (Å²) in [6.07, 6.45) is 3.91. The Kier molecular flexibility index (Phi) is 15.0. The van der Waals surface area contributed by atoms with Gasteiger partial charge in [0.15, 0.2) is 0 Å². The molecule has 66 heavy (non-hydrogen) atoms. The van der Waals surface area contributed by atoms with Gasteiger partial charge in [0.2, 0.25) is 23.6 Å². The largest absolute Gasteiger partial charge is 0.457 e. The average Bonchev–Trinajstić information content (AvgIpc) is 3.91. The van der Waals surface area contributed by atoms with Gasteiger partial charge < -0.3 is 39.3 Å². The Balaban J connectivity index is 1.27. The third kappa shape index (κ3) is 10.3. The number of aliphatic hydroxyl groups is 1. The average molecular weight is 917 g/mol. The van der Waals surface area contributed by atoms with E-state index in [1.165, 1.54) is 4.90 Å². The molecule has 2 heterocycles. The summed E-state index contributed by atoms with van der Waals surface area (Å²) in [6.45, 7) is 3.93. The highest BCUT2D eigenvalue weighted by Crippen LogP contribution is 2.45. The maximum Gasteiger partial charge on any atom is 0.247 e. The number of aliphatic hydroxyl groups excluding tert-OH is 1. The Morgan fingerprint density at radius 1 is 0.894 bits per heavy atom. The number of fused-ring (bicyclic) bond motifs is 1. The molecule has 13 nitrogen and oxygen atoms in total. The molecule has 1 aromatic heterocycles. The number of rotatable bonds is 12. The first-order valence-electron chi connectivity index (χ1n) is 22.7. The zero-order chi connectivity index (χ0) is 47.3. The number of likely N-dealkylation sites (N-methyl/N-ethyl adjacent to an activating group) is 2. The van der Waals surface area contributed by atoms with Gasteiger partial charge in [0, 0.05) is 62.6 Å². The third-order valence-corrected chi connectivity index (χ3v) is 13.7. The van der Waals surface area contributed by atoms with Gasteiger partial charge in [0.05, 0.1) is 37.6 Å². The van der Waals surface area contributed by atoms with Gasteiger partial charge in [-0.1, -0.05) is 67.1 Å². The lowest BCUT2D eigenvalue weighted by atomic mass is 9.78. The lowest BCUT2D eigenvalue weighted by Crippen LogP contribution is -2.65. The van der Waals surface area contributed by atoms with Crippen LogP contribution >= 0.6 is 11.6 Å². The Bertz CT molecular complexity index is 2540. The van der Waals surface area contributed by atoms with Crippen molar-refractivity contribution < 1.29 is 29.0 Å². The highest BCUT2D eigenvalue weighted by Gasteiger charge is 2.52. The van der Waals surface area contributed by atoms with E-state index < -0.39 is 47.9 Å². The summed E-state index contributed by atoms with van der Waals surface area (Å²) < 4.78 is 8.76. The molecule has 0 spiro atoms. The van der Waals surface area contributed by atoms with Crippen molar-refractivity contribution in [3.63, 3.8) is 0 Å². The number of amides is 4. The van der Waals surface area contributed by atoms with E-state index in [4.69, 9.17) is 16.3 Å². The molecular formula is C52H62ClN7O6. The van der Waals surface area contributed by atoms with Crippen molar-refractivity contribution in [2.45, 2.75) is 89.0 Å². The van der Waals surface area contributed by atoms with Gasteiger partial charge in [0.1, 0.15) is 28.9 Å².